The fourth-order valence-corrected chi connectivity index (χ4v) is 7.58. The van der Waals surface area contributed by atoms with E-state index in [1.165, 1.54) is 0 Å². The average Bonchev–Trinajstić information content (AvgIpc) is 3.34. The van der Waals surface area contributed by atoms with E-state index in [2.05, 4.69) is 9.71 Å². The van der Waals surface area contributed by atoms with Crippen LogP contribution in [0.25, 0.3) is 10.9 Å². The molecule has 1 aliphatic carbocycles. The maximum Gasteiger partial charge on any atom is 0.262 e. The summed E-state index contributed by atoms with van der Waals surface area (Å²) < 4.78 is 40.5. The molecule has 4 aromatic rings. The Bertz CT molecular complexity index is 1890. The minimum atomic E-state index is -3.96. The SMILES string of the molecule is CCOc1c2c(c(OCC)c3ncccc13)CN(c1ccc(CS(=O)(=O)NC(=O)C3CCCc4ccccc43)cc1C)C2=O. The number of sulfonamides is 1. The lowest BCUT2D eigenvalue weighted by molar-refractivity contribution is -0.121. The summed E-state index contributed by atoms with van der Waals surface area (Å²) >= 11 is 0. The number of anilines is 1. The fraction of sp³-hybridized carbons (Fsp3) is 0.324. The van der Waals surface area contributed by atoms with Crippen molar-refractivity contribution in [2.45, 2.75) is 58.2 Å². The monoisotopic (exact) mass is 613 g/mol. The van der Waals surface area contributed by atoms with Crippen molar-refractivity contribution in [3.05, 3.63) is 94.2 Å². The van der Waals surface area contributed by atoms with Crippen LogP contribution in [0.3, 0.4) is 0 Å². The lowest BCUT2D eigenvalue weighted by Gasteiger charge is -2.24. The number of benzene rings is 3. The van der Waals surface area contributed by atoms with Gasteiger partial charge < -0.3 is 14.4 Å². The van der Waals surface area contributed by atoms with Crippen LogP contribution in [0.15, 0.2) is 60.8 Å². The van der Waals surface area contributed by atoms with Crippen LogP contribution in [0.5, 0.6) is 11.5 Å². The third kappa shape index (κ3) is 5.38. The van der Waals surface area contributed by atoms with E-state index >= 15 is 0 Å². The maximum absolute atomic E-state index is 13.9. The Hall–Kier alpha value is -4.44. The summed E-state index contributed by atoms with van der Waals surface area (Å²) in [6, 6.07) is 16.6. The number of hydrogen-bond donors (Lipinski definition) is 1. The van der Waals surface area contributed by atoms with Gasteiger partial charge in [0.2, 0.25) is 15.9 Å². The molecular weight excluding hydrogens is 578 g/mol. The second kappa shape index (κ2) is 11.9. The first kappa shape index (κ1) is 29.6. The van der Waals surface area contributed by atoms with E-state index in [1.807, 2.05) is 51.1 Å². The summed E-state index contributed by atoms with van der Waals surface area (Å²) in [6.45, 7) is 6.64. The minimum absolute atomic E-state index is 0.223. The van der Waals surface area contributed by atoms with Gasteiger partial charge in [0.25, 0.3) is 5.91 Å². The van der Waals surface area contributed by atoms with Crippen LogP contribution in [-0.4, -0.2) is 38.4 Å². The van der Waals surface area contributed by atoms with E-state index in [-0.39, 0.29) is 18.2 Å². The zero-order valence-corrected chi connectivity index (χ0v) is 25.9. The number of nitrogens with one attached hydrogen (secondary N) is 1. The van der Waals surface area contributed by atoms with Gasteiger partial charge in [-0.15, -0.1) is 0 Å². The number of ether oxygens (including phenoxy) is 2. The van der Waals surface area contributed by atoms with Crippen LogP contribution in [-0.2, 0) is 33.5 Å². The van der Waals surface area contributed by atoms with Crippen LogP contribution >= 0.6 is 0 Å². The molecule has 0 fully saturated rings. The van der Waals surface area contributed by atoms with Gasteiger partial charge in [0.05, 0.1) is 37.0 Å². The number of nitrogens with zero attached hydrogens (tertiary/aromatic N) is 2. The molecule has 0 saturated carbocycles. The van der Waals surface area contributed by atoms with Crippen molar-refractivity contribution in [1.82, 2.24) is 9.71 Å². The van der Waals surface area contributed by atoms with Gasteiger partial charge in [-0.3, -0.25) is 19.3 Å². The predicted octanol–water partition coefficient (Wildman–Crippen LogP) is 5.57. The van der Waals surface area contributed by atoms with Gasteiger partial charge in [-0.2, -0.15) is 0 Å². The number of fused-ring (bicyclic) bond motifs is 3. The number of hydrogen-bond acceptors (Lipinski definition) is 7. The molecule has 2 aliphatic rings. The van der Waals surface area contributed by atoms with Gasteiger partial charge in [-0.25, -0.2) is 8.42 Å². The Morgan fingerprint density at radius 2 is 1.82 bits per heavy atom. The number of aromatic nitrogens is 1. The van der Waals surface area contributed by atoms with E-state index in [1.54, 1.807) is 35.4 Å². The molecule has 228 valence electrons. The van der Waals surface area contributed by atoms with Gasteiger partial charge in [0, 0.05) is 22.8 Å². The van der Waals surface area contributed by atoms with Gasteiger partial charge in [0.1, 0.15) is 11.3 Å². The third-order valence-electron chi connectivity index (χ3n) is 8.27. The van der Waals surface area contributed by atoms with Crippen molar-refractivity contribution in [2.75, 3.05) is 18.1 Å². The zero-order chi connectivity index (χ0) is 31.0. The van der Waals surface area contributed by atoms with Gasteiger partial charge in [-0.1, -0.05) is 36.4 Å². The van der Waals surface area contributed by atoms with Crippen LogP contribution in [0.4, 0.5) is 5.69 Å². The Balaban J connectivity index is 1.25. The summed E-state index contributed by atoms with van der Waals surface area (Å²) in [5.41, 5.74) is 5.68. The summed E-state index contributed by atoms with van der Waals surface area (Å²) in [4.78, 5) is 33.2. The minimum Gasteiger partial charge on any atom is -0.492 e. The zero-order valence-electron chi connectivity index (χ0n) is 25.1. The first-order valence-electron chi connectivity index (χ1n) is 14.9. The second-order valence-electron chi connectivity index (χ2n) is 11.2. The van der Waals surface area contributed by atoms with Crippen molar-refractivity contribution in [1.29, 1.82) is 0 Å². The Kier molecular flexibility index (Phi) is 8.02. The molecule has 10 heteroatoms. The van der Waals surface area contributed by atoms with Gasteiger partial charge >= 0.3 is 0 Å². The molecule has 0 spiro atoms. The maximum atomic E-state index is 13.9. The molecule has 2 heterocycles. The third-order valence-corrected chi connectivity index (χ3v) is 9.50. The van der Waals surface area contributed by atoms with Gasteiger partial charge in [-0.05, 0) is 80.5 Å². The van der Waals surface area contributed by atoms with Crippen molar-refractivity contribution in [3.8, 4) is 11.5 Å². The number of aryl methyl sites for hydroxylation is 2. The molecule has 2 amide bonds. The molecule has 1 unspecified atom stereocenters. The standard InChI is InChI=1S/C34H35N3O6S/c1-4-42-31-26-14-9-17-35-30(26)32(43-5-2)27-19-37(34(39)29(27)31)28-16-15-22(18-21(28)3)20-44(40,41)36-33(38)25-13-8-11-23-10-6-7-12-24(23)25/h6-7,9-10,12,14-18,25H,4-5,8,11,13,19-20H2,1-3H3,(H,36,38). The number of carbonyl (C=O) groups excluding carboxylic acids is 2. The highest BCUT2D eigenvalue weighted by Gasteiger charge is 2.38. The molecule has 1 aromatic heterocycles. The van der Waals surface area contributed by atoms with E-state index in [0.717, 1.165) is 29.5 Å². The van der Waals surface area contributed by atoms with Crippen molar-refractivity contribution in [2.24, 2.45) is 0 Å². The quantitative estimate of drug-likeness (QED) is 0.263. The Labute approximate surface area is 257 Å². The molecule has 1 N–H and O–H groups in total. The van der Waals surface area contributed by atoms with E-state index < -0.39 is 21.8 Å². The van der Waals surface area contributed by atoms with E-state index in [4.69, 9.17) is 9.47 Å². The molecule has 0 saturated heterocycles. The second-order valence-corrected chi connectivity index (χ2v) is 12.9. The molecular formula is C34H35N3O6S. The lowest BCUT2D eigenvalue weighted by atomic mass is 9.82. The average molecular weight is 614 g/mol. The first-order chi connectivity index (χ1) is 21.2. The molecule has 1 aliphatic heterocycles. The predicted molar refractivity (Wildman–Crippen MR) is 169 cm³/mol. The fourth-order valence-electron chi connectivity index (χ4n) is 6.44. The Morgan fingerprint density at radius 1 is 1.05 bits per heavy atom. The van der Waals surface area contributed by atoms with Crippen molar-refractivity contribution >= 4 is 38.4 Å². The molecule has 3 aromatic carbocycles. The highest BCUT2D eigenvalue weighted by Crippen LogP contribution is 2.46. The lowest BCUT2D eigenvalue weighted by Crippen LogP contribution is -2.36. The van der Waals surface area contributed by atoms with Crippen LogP contribution in [0.1, 0.15) is 70.8 Å². The summed E-state index contributed by atoms with van der Waals surface area (Å²) in [7, 11) is -3.96. The number of amides is 2. The molecule has 0 radical (unpaired) electrons. The topological polar surface area (TPSA) is 115 Å². The number of pyridine rings is 1. The Morgan fingerprint density at radius 3 is 2.59 bits per heavy atom. The van der Waals surface area contributed by atoms with Crippen LogP contribution in [0, 0.1) is 6.92 Å². The highest BCUT2D eigenvalue weighted by atomic mass is 32.2. The molecule has 0 bridgehead atoms. The smallest absolute Gasteiger partial charge is 0.262 e. The molecule has 6 rings (SSSR count). The van der Waals surface area contributed by atoms with Gasteiger partial charge in [0.15, 0.2) is 5.75 Å². The van der Waals surface area contributed by atoms with E-state index in [0.29, 0.717) is 64.4 Å². The number of rotatable bonds is 9. The molecule has 44 heavy (non-hydrogen) atoms. The first-order valence-corrected chi connectivity index (χ1v) is 16.6. The van der Waals surface area contributed by atoms with E-state index in [9.17, 15) is 18.0 Å². The molecule has 1 atom stereocenters. The largest absolute Gasteiger partial charge is 0.492 e. The van der Waals surface area contributed by atoms with Crippen LogP contribution < -0.4 is 19.1 Å². The summed E-state index contributed by atoms with van der Waals surface area (Å²) in [5, 5.41) is 0.711. The summed E-state index contributed by atoms with van der Waals surface area (Å²) in [5.74, 6) is -0.520. The van der Waals surface area contributed by atoms with Crippen molar-refractivity contribution in [3.63, 3.8) is 0 Å². The van der Waals surface area contributed by atoms with Crippen molar-refractivity contribution < 1.29 is 27.5 Å². The normalized spacial score (nSPS) is 16.0. The summed E-state index contributed by atoms with van der Waals surface area (Å²) in [6.07, 6.45) is 4.02. The molecule has 9 nitrogen and oxygen atoms in total. The van der Waals surface area contributed by atoms with Crippen LogP contribution in [0.2, 0.25) is 0 Å². The highest BCUT2D eigenvalue weighted by molar-refractivity contribution is 7.89. The number of carbonyl (C=O) groups is 2.